The minimum atomic E-state index is -0.634. The molecule has 8 heteroatoms. The normalized spacial score (nSPS) is 14.7. The van der Waals surface area contributed by atoms with Gasteiger partial charge in [-0.3, -0.25) is 9.59 Å². The number of aromatic amines is 1. The van der Waals surface area contributed by atoms with Gasteiger partial charge in [0.05, 0.1) is 11.3 Å². The van der Waals surface area contributed by atoms with Crippen molar-refractivity contribution >= 4 is 23.2 Å². The van der Waals surface area contributed by atoms with Gasteiger partial charge in [0, 0.05) is 40.7 Å². The highest BCUT2D eigenvalue weighted by Gasteiger charge is 2.26. The van der Waals surface area contributed by atoms with Gasteiger partial charge in [0.2, 0.25) is 0 Å². The van der Waals surface area contributed by atoms with E-state index in [2.05, 4.69) is 15.5 Å². The van der Waals surface area contributed by atoms with Crippen LogP contribution in [0.15, 0.2) is 64.7 Å². The predicted octanol–water partition coefficient (Wildman–Crippen LogP) is 4.77. The van der Waals surface area contributed by atoms with Crippen molar-refractivity contribution in [2.75, 3.05) is 0 Å². The standard InChI is InChI=1S/C25H23ClFN3O3/c1-14-10-16(13-28-24(14)31)23(30-33)12-20(18-4-2-3-5-21(18)26)15-6-9-19(22(27)11-15)25(32)29-17-7-8-17/h2-6,9-11,13,17,20,33H,7-8,12H2,1H3,(H,28,31)(H,29,32)/b30-23+. The van der Waals surface area contributed by atoms with E-state index in [4.69, 9.17) is 11.6 Å². The van der Waals surface area contributed by atoms with E-state index in [9.17, 15) is 19.2 Å². The van der Waals surface area contributed by atoms with Gasteiger partial charge in [0.1, 0.15) is 5.82 Å². The van der Waals surface area contributed by atoms with Crippen molar-refractivity contribution in [3.05, 3.63) is 104 Å². The lowest BCUT2D eigenvalue weighted by molar-refractivity contribution is 0.0947. The number of benzene rings is 2. The summed E-state index contributed by atoms with van der Waals surface area (Å²) >= 11 is 6.47. The number of oxime groups is 1. The van der Waals surface area contributed by atoms with E-state index >= 15 is 0 Å². The first-order valence-corrected chi connectivity index (χ1v) is 11.0. The summed E-state index contributed by atoms with van der Waals surface area (Å²) in [6, 6.07) is 13.4. The van der Waals surface area contributed by atoms with Crippen molar-refractivity contribution < 1.29 is 14.4 Å². The maximum absolute atomic E-state index is 15.0. The summed E-state index contributed by atoms with van der Waals surface area (Å²) in [6.07, 6.45) is 3.47. The molecule has 1 aliphatic rings. The van der Waals surface area contributed by atoms with Crippen LogP contribution in [0.4, 0.5) is 4.39 Å². The summed E-state index contributed by atoms with van der Waals surface area (Å²) in [5.74, 6) is -1.53. The molecule has 0 radical (unpaired) electrons. The summed E-state index contributed by atoms with van der Waals surface area (Å²) in [7, 11) is 0. The number of halogens is 2. The highest BCUT2D eigenvalue weighted by molar-refractivity contribution is 6.31. The Morgan fingerprint density at radius 1 is 1.27 bits per heavy atom. The predicted molar refractivity (Wildman–Crippen MR) is 125 cm³/mol. The van der Waals surface area contributed by atoms with Crippen molar-refractivity contribution in [3.63, 3.8) is 0 Å². The SMILES string of the molecule is Cc1cc(/C(CC(c2ccc(C(=O)NC3CC3)c(F)c2)c2ccccc2Cl)=N/O)c[nH]c1=O. The van der Waals surface area contributed by atoms with Crippen LogP contribution in [-0.4, -0.2) is 27.9 Å². The summed E-state index contributed by atoms with van der Waals surface area (Å²) in [6.45, 7) is 1.66. The number of carbonyl (C=O) groups is 1. The quantitative estimate of drug-likeness (QED) is 0.265. The van der Waals surface area contributed by atoms with E-state index in [-0.39, 0.29) is 23.6 Å². The largest absolute Gasteiger partial charge is 0.411 e. The first-order chi connectivity index (χ1) is 15.9. The Labute approximate surface area is 195 Å². The van der Waals surface area contributed by atoms with Crippen molar-refractivity contribution in [1.29, 1.82) is 0 Å². The zero-order chi connectivity index (χ0) is 23.5. The molecule has 33 heavy (non-hydrogen) atoms. The monoisotopic (exact) mass is 467 g/mol. The molecule has 6 nitrogen and oxygen atoms in total. The van der Waals surface area contributed by atoms with Gasteiger partial charge in [-0.25, -0.2) is 4.39 Å². The molecule has 0 saturated heterocycles. The third kappa shape index (κ3) is 5.14. The number of aryl methyl sites for hydroxylation is 1. The fourth-order valence-corrected chi connectivity index (χ4v) is 4.03. The number of hydrogen-bond donors (Lipinski definition) is 3. The fourth-order valence-electron chi connectivity index (χ4n) is 3.76. The smallest absolute Gasteiger partial charge is 0.254 e. The van der Waals surface area contributed by atoms with Crippen LogP contribution < -0.4 is 10.9 Å². The van der Waals surface area contributed by atoms with Gasteiger partial charge in [-0.2, -0.15) is 0 Å². The maximum atomic E-state index is 15.0. The van der Waals surface area contributed by atoms with E-state index in [1.54, 1.807) is 31.2 Å². The zero-order valence-corrected chi connectivity index (χ0v) is 18.7. The Bertz CT molecular complexity index is 1280. The molecule has 3 N–H and O–H groups in total. The molecule has 4 rings (SSSR count). The van der Waals surface area contributed by atoms with Gasteiger partial charge in [0.25, 0.3) is 11.5 Å². The molecule has 0 spiro atoms. The van der Waals surface area contributed by atoms with E-state index in [0.29, 0.717) is 27.4 Å². The second-order valence-corrected chi connectivity index (χ2v) is 8.62. The number of nitrogens with zero attached hydrogens (tertiary/aromatic N) is 1. The molecule has 170 valence electrons. The molecule has 2 aromatic carbocycles. The summed E-state index contributed by atoms with van der Waals surface area (Å²) in [4.78, 5) is 26.7. The molecule has 3 aromatic rings. The topological polar surface area (TPSA) is 94.5 Å². The molecule has 1 saturated carbocycles. The van der Waals surface area contributed by atoms with Gasteiger partial charge >= 0.3 is 0 Å². The molecule has 1 heterocycles. The Hall–Kier alpha value is -3.45. The molecule has 1 fully saturated rings. The molecule has 1 aromatic heterocycles. The van der Waals surface area contributed by atoms with Gasteiger partial charge in [-0.1, -0.05) is 41.0 Å². The van der Waals surface area contributed by atoms with Crippen LogP contribution in [0.3, 0.4) is 0 Å². The lowest BCUT2D eigenvalue weighted by atomic mass is 9.85. The summed E-state index contributed by atoms with van der Waals surface area (Å²) < 4.78 is 15.0. The highest BCUT2D eigenvalue weighted by atomic mass is 35.5. The minimum absolute atomic E-state index is 0.0177. The van der Waals surface area contributed by atoms with Gasteiger partial charge in [-0.05, 0) is 55.2 Å². The van der Waals surface area contributed by atoms with Crippen LogP contribution in [0.2, 0.25) is 5.02 Å². The molecule has 1 amide bonds. The van der Waals surface area contributed by atoms with Crippen LogP contribution in [-0.2, 0) is 0 Å². The molecular formula is C25H23ClFN3O3. The number of pyridine rings is 1. The summed E-state index contributed by atoms with van der Waals surface area (Å²) in [5.41, 5.74) is 2.35. The lowest BCUT2D eigenvalue weighted by Gasteiger charge is -2.21. The number of hydrogen-bond acceptors (Lipinski definition) is 4. The van der Waals surface area contributed by atoms with Crippen LogP contribution in [0.5, 0.6) is 0 Å². The van der Waals surface area contributed by atoms with Crippen LogP contribution in [0.1, 0.15) is 57.8 Å². The van der Waals surface area contributed by atoms with Crippen molar-refractivity contribution in [2.24, 2.45) is 5.16 Å². The number of H-pyrrole nitrogens is 1. The maximum Gasteiger partial charge on any atom is 0.254 e. The average molecular weight is 468 g/mol. The van der Waals surface area contributed by atoms with Crippen molar-refractivity contribution in [2.45, 2.75) is 38.1 Å². The zero-order valence-electron chi connectivity index (χ0n) is 17.9. The first kappa shape index (κ1) is 22.7. The van der Waals surface area contributed by atoms with E-state index in [1.807, 2.05) is 12.1 Å². The fraction of sp³-hybridized carbons (Fsp3) is 0.240. The third-order valence-corrected chi connectivity index (χ3v) is 6.12. The lowest BCUT2D eigenvalue weighted by Crippen LogP contribution is -2.26. The van der Waals surface area contributed by atoms with Crippen molar-refractivity contribution in [3.8, 4) is 0 Å². The number of aromatic nitrogens is 1. The van der Waals surface area contributed by atoms with E-state index in [0.717, 1.165) is 18.4 Å². The van der Waals surface area contributed by atoms with Gasteiger partial charge in [-0.15, -0.1) is 0 Å². The Morgan fingerprint density at radius 2 is 2.03 bits per heavy atom. The number of nitrogens with one attached hydrogen (secondary N) is 2. The second kappa shape index (κ2) is 9.58. The van der Waals surface area contributed by atoms with E-state index in [1.165, 1.54) is 18.3 Å². The average Bonchev–Trinajstić information content (AvgIpc) is 3.61. The van der Waals surface area contributed by atoms with Crippen LogP contribution >= 0.6 is 11.6 Å². The van der Waals surface area contributed by atoms with Crippen LogP contribution in [0.25, 0.3) is 0 Å². The number of rotatable bonds is 7. The molecule has 1 atom stereocenters. The Morgan fingerprint density at radius 3 is 2.67 bits per heavy atom. The summed E-state index contributed by atoms with van der Waals surface area (Å²) in [5, 5.41) is 16.5. The molecular weight excluding hydrogens is 445 g/mol. The Balaban J connectivity index is 1.71. The molecule has 0 aliphatic heterocycles. The van der Waals surface area contributed by atoms with Crippen molar-refractivity contribution in [1.82, 2.24) is 10.3 Å². The molecule has 0 bridgehead atoms. The van der Waals surface area contributed by atoms with Gasteiger partial charge in [0.15, 0.2) is 0 Å². The minimum Gasteiger partial charge on any atom is -0.411 e. The molecule has 1 unspecified atom stereocenters. The first-order valence-electron chi connectivity index (χ1n) is 10.6. The van der Waals surface area contributed by atoms with E-state index < -0.39 is 17.6 Å². The number of carbonyl (C=O) groups excluding carboxylic acids is 1. The highest BCUT2D eigenvalue weighted by Crippen LogP contribution is 2.35. The molecule has 1 aliphatic carbocycles. The second-order valence-electron chi connectivity index (χ2n) is 8.21. The van der Waals surface area contributed by atoms with Crippen LogP contribution in [0, 0.1) is 12.7 Å². The number of amides is 1. The Kier molecular flexibility index (Phi) is 6.60. The van der Waals surface area contributed by atoms with Gasteiger partial charge < -0.3 is 15.5 Å². The third-order valence-electron chi connectivity index (χ3n) is 5.77.